The van der Waals surface area contributed by atoms with Crippen molar-refractivity contribution in [3.8, 4) is 5.75 Å². The fourth-order valence-corrected chi connectivity index (χ4v) is 4.76. The summed E-state index contributed by atoms with van der Waals surface area (Å²) in [4.78, 5) is 13.0. The van der Waals surface area contributed by atoms with E-state index in [9.17, 15) is 9.90 Å². The van der Waals surface area contributed by atoms with Crippen molar-refractivity contribution in [2.75, 3.05) is 7.11 Å². The molecule has 0 fully saturated rings. The average molecular weight is 393 g/mol. The molecule has 0 saturated carbocycles. The molecule has 0 aliphatic carbocycles. The van der Waals surface area contributed by atoms with Crippen molar-refractivity contribution >= 4 is 29.3 Å². The smallest absolute Gasteiger partial charge is 0.313 e. The number of carboxylic acids is 1. The Morgan fingerprint density at radius 1 is 1.23 bits per heavy atom. The second kappa shape index (κ2) is 8.83. The second-order valence-electron chi connectivity index (χ2n) is 6.98. The summed E-state index contributed by atoms with van der Waals surface area (Å²) in [6.45, 7) is 5.83. The average Bonchev–Trinajstić information content (AvgIpc) is 2.59. The van der Waals surface area contributed by atoms with Crippen LogP contribution in [-0.4, -0.2) is 18.2 Å². The molecule has 140 valence electrons. The molecular weight excluding hydrogens is 368 g/mol. The standard InChI is InChI=1S/C21H25ClO3S/c1-14(2)12-21(3,20(23)24)19-17(22)6-5-7-18(19)26-13-15-8-10-16(25-4)11-9-15/h5-11,14H,12-13H2,1-4H3,(H,23,24). The molecule has 1 unspecified atom stereocenters. The van der Waals surface area contributed by atoms with Crippen LogP contribution in [0.1, 0.15) is 38.3 Å². The number of thioether (sulfide) groups is 1. The molecule has 2 aromatic carbocycles. The van der Waals surface area contributed by atoms with Gasteiger partial charge in [0.25, 0.3) is 0 Å². The van der Waals surface area contributed by atoms with Gasteiger partial charge in [0.2, 0.25) is 0 Å². The van der Waals surface area contributed by atoms with Crippen LogP contribution in [0.5, 0.6) is 5.75 Å². The topological polar surface area (TPSA) is 46.5 Å². The second-order valence-corrected chi connectivity index (χ2v) is 8.41. The molecule has 26 heavy (non-hydrogen) atoms. The van der Waals surface area contributed by atoms with Crippen LogP contribution >= 0.6 is 23.4 Å². The van der Waals surface area contributed by atoms with Crippen LogP contribution in [-0.2, 0) is 16.0 Å². The molecule has 0 heterocycles. The molecule has 0 saturated heterocycles. The number of carbonyl (C=O) groups is 1. The molecule has 0 radical (unpaired) electrons. The maximum Gasteiger partial charge on any atom is 0.313 e. The minimum atomic E-state index is -1.02. The first-order chi connectivity index (χ1) is 12.3. The summed E-state index contributed by atoms with van der Waals surface area (Å²) in [6.07, 6.45) is 0.530. The summed E-state index contributed by atoms with van der Waals surface area (Å²) in [7, 11) is 1.64. The lowest BCUT2D eigenvalue weighted by Gasteiger charge is -2.30. The van der Waals surface area contributed by atoms with Gasteiger partial charge in [-0.05, 0) is 49.1 Å². The highest BCUT2D eigenvalue weighted by Gasteiger charge is 2.39. The maximum atomic E-state index is 12.1. The number of rotatable bonds is 8. The molecular formula is C21H25ClO3S. The maximum absolute atomic E-state index is 12.1. The van der Waals surface area contributed by atoms with Gasteiger partial charge in [0.1, 0.15) is 5.75 Å². The van der Waals surface area contributed by atoms with Crippen LogP contribution in [0.4, 0.5) is 0 Å². The van der Waals surface area contributed by atoms with Crippen LogP contribution in [0.3, 0.4) is 0 Å². The van der Waals surface area contributed by atoms with E-state index in [1.165, 1.54) is 0 Å². The van der Waals surface area contributed by atoms with Crippen LogP contribution in [0.2, 0.25) is 5.02 Å². The quantitative estimate of drug-likeness (QED) is 0.557. The largest absolute Gasteiger partial charge is 0.497 e. The van der Waals surface area contributed by atoms with Gasteiger partial charge in [-0.3, -0.25) is 4.79 Å². The summed E-state index contributed by atoms with van der Waals surface area (Å²) >= 11 is 8.08. The Bertz CT molecular complexity index is 758. The zero-order valence-electron chi connectivity index (χ0n) is 15.6. The van der Waals surface area contributed by atoms with Crippen molar-refractivity contribution in [2.45, 2.75) is 43.3 Å². The molecule has 0 aliphatic rings. The summed E-state index contributed by atoms with van der Waals surface area (Å²) in [5.41, 5.74) is 0.832. The Morgan fingerprint density at radius 3 is 2.42 bits per heavy atom. The number of carboxylic acid groups (broad SMARTS) is 1. The van der Waals surface area contributed by atoms with Crippen LogP contribution in [0, 0.1) is 5.92 Å². The molecule has 5 heteroatoms. The van der Waals surface area contributed by atoms with Crippen molar-refractivity contribution in [3.63, 3.8) is 0 Å². The van der Waals surface area contributed by atoms with Gasteiger partial charge in [-0.1, -0.05) is 43.6 Å². The van der Waals surface area contributed by atoms with Gasteiger partial charge in [-0.2, -0.15) is 0 Å². The van der Waals surface area contributed by atoms with E-state index in [-0.39, 0.29) is 5.92 Å². The highest BCUT2D eigenvalue weighted by atomic mass is 35.5. The van der Waals surface area contributed by atoms with E-state index >= 15 is 0 Å². The Hall–Kier alpha value is -1.65. The third-order valence-electron chi connectivity index (χ3n) is 4.37. The zero-order chi connectivity index (χ0) is 19.3. The fraction of sp³-hybridized carbons (Fsp3) is 0.381. The summed E-state index contributed by atoms with van der Waals surface area (Å²) in [5, 5.41) is 10.5. The lowest BCUT2D eigenvalue weighted by Crippen LogP contribution is -2.35. The van der Waals surface area contributed by atoms with E-state index in [1.54, 1.807) is 31.9 Å². The number of hydrogen-bond donors (Lipinski definition) is 1. The van der Waals surface area contributed by atoms with Gasteiger partial charge in [0.15, 0.2) is 0 Å². The van der Waals surface area contributed by atoms with Gasteiger partial charge in [0.05, 0.1) is 12.5 Å². The summed E-state index contributed by atoms with van der Waals surface area (Å²) in [6, 6.07) is 13.5. The molecule has 0 bridgehead atoms. The van der Waals surface area contributed by atoms with Crippen LogP contribution < -0.4 is 4.74 Å². The molecule has 0 amide bonds. The lowest BCUT2D eigenvalue weighted by atomic mass is 9.76. The summed E-state index contributed by atoms with van der Waals surface area (Å²) < 4.78 is 5.19. The van der Waals surface area contributed by atoms with Gasteiger partial charge >= 0.3 is 5.97 Å². The number of aliphatic carboxylic acids is 1. The predicted octanol–water partition coefficient (Wildman–Crippen LogP) is 6.03. The molecule has 2 rings (SSSR count). The number of methoxy groups -OCH3 is 1. The van der Waals surface area contributed by atoms with E-state index in [0.717, 1.165) is 22.0 Å². The predicted molar refractivity (Wildman–Crippen MR) is 108 cm³/mol. The van der Waals surface area contributed by atoms with Gasteiger partial charge in [-0.15, -0.1) is 11.8 Å². The van der Waals surface area contributed by atoms with Gasteiger partial charge in [-0.25, -0.2) is 0 Å². The van der Waals surface area contributed by atoms with Gasteiger partial charge < -0.3 is 9.84 Å². The van der Waals surface area contributed by atoms with E-state index in [2.05, 4.69) is 0 Å². The first-order valence-electron chi connectivity index (χ1n) is 8.56. The Balaban J connectivity index is 2.34. The molecule has 0 aromatic heterocycles. The number of hydrogen-bond acceptors (Lipinski definition) is 3. The SMILES string of the molecule is COc1ccc(CSc2cccc(Cl)c2C(C)(CC(C)C)C(=O)O)cc1. The van der Waals surface area contributed by atoms with Crippen LogP contribution in [0.15, 0.2) is 47.4 Å². The van der Waals surface area contributed by atoms with Crippen molar-refractivity contribution in [3.05, 3.63) is 58.6 Å². The van der Waals surface area contributed by atoms with Crippen molar-refractivity contribution in [1.29, 1.82) is 0 Å². The number of ether oxygens (including phenoxy) is 1. The van der Waals surface area contributed by atoms with Crippen molar-refractivity contribution in [2.24, 2.45) is 5.92 Å². The molecule has 3 nitrogen and oxygen atoms in total. The molecule has 0 aliphatic heterocycles. The van der Waals surface area contributed by atoms with Crippen molar-refractivity contribution in [1.82, 2.24) is 0 Å². The number of benzene rings is 2. The minimum Gasteiger partial charge on any atom is -0.497 e. The highest BCUT2D eigenvalue weighted by Crippen LogP contribution is 2.42. The first-order valence-corrected chi connectivity index (χ1v) is 9.92. The van der Waals surface area contributed by atoms with E-state index in [0.29, 0.717) is 17.0 Å². The zero-order valence-corrected chi connectivity index (χ0v) is 17.2. The lowest BCUT2D eigenvalue weighted by molar-refractivity contribution is -0.144. The van der Waals surface area contributed by atoms with E-state index in [4.69, 9.17) is 16.3 Å². The third kappa shape index (κ3) is 4.74. The first kappa shape index (κ1) is 20.7. The van der Waals surface area contributed by atoms with Crippen LogP contribution in [0.25, 0.3) is 0 Å². The molecule has 0 spiro atoms. The highest BCUT2D eigenvalue weighted by molar-refractivity contribution is 7.98. The Labute approximate surface area is 164 Å². The molecule has 2 aromatic rings. The van der Waals surface area contributed by atoms with E-state index < -0.39 is 11.4 Å². The third-order valence-corrected chi connectivity index (χ3v) is 5.81. The van der Waals surface area contributed by atoms with Crippen molar-refractivity contribution < 1.29 is 14.6 Å². The Kier molecular flexibility index (Phi) is 7.01. The minimum absolute atomic E-state index is 0.242. The molecule has 1 N–H and O–H groups in total. The number of halogens is 1. The Morgan fingerprint density at radius 2 is 1.88 bits per heavy atom. The molecule has 1 atom stereocenters. The summed E-state index contributed by atoms with van der Waals surface area (Å²) in [5.74, 6) is 0.948. The van der Waals surface area contributed by atoms with E-state index in [1.807, 2.05) is 50.2 Å². The normalized spacial score (nSPS) is 13.5. The van der Waals surface area contributed by atoms with Gasteiger partial charge in [0, 0.05) is 21.2 Å². The fourth-order valence-electron chi connectivity index (χ4n) is 3.16. The monoisotopic (exact) mass is 392 g/mol.